The number of piperidine rings is 1. The molecule has 0 saturated carbocycles. The molecule has 1 saturated heterocycles. The van der Waals surface area contributed by atoms with Crippen molar-refractivity contribution in [3.63, 3.8) is 0 Å². The summed E-state index contributed by atoms with van der Waals surface area (Å²) in [6.07, 6.45) is 1.47. The van der Waals surface area contributed by atoms with Crippen molar-refractivity contribution in [2.75, 3.05) is 19.7 Å². The van der Waals surface area contributed by atoms with Gasteiger partial charge in [0.2, 0.25) is 10.0 Å². The van der Waals surface area contributed by atoms with E-state index < -0.39 is 14.9 Å². The molecule has 0 aromatic heterocycles. The second kappa shape index (κ2) is 6.08. The van der Waals surface area contributed by atoms with E-state index in [1.165, 1.54) is 16.4 Å². The van der Waals surface area contributed by atoms with Crippen molar-refractivity contribution in [2.24, 2.45) is 5.92 Å². The highest BCUT2D eigenvalue weighted by Gasteiger charge is 2.31. The van der Waals surface area contributed by atoms with Gasteiger partial charge in [0.25, 0.3) is 5.69 Å². The summed E-state index contributed by atoms with van der Waals surface area (Å²) in [5.41, 5.74) is 0.238. The van der Waals surface area contributed by atoms with E-state index in [2.05, 4.69) is 0 Å². The number of benzene rings is 1. The van der Waals surface area contributed by atoms with Crippen LogP contribution in [0.3, 0.4) is 0 Å². The minimum Gasteiger partial charge on any atom is -0.396 e. The van der Waals surface area contributed by atoms with E-state index in [-0.39, 0.29) is 29.7 Å². The van der Waals surface area contributed by atoms with Gasteiger partial charge in [0.05, 0.1) is 9.82 Å². The fourth-order valence-electron chi connectivity index (χ4n) is 2.51. The lowest BCUT2D eigenvalue weighted by molar-refractivity contribution is -0.385. The lowest BCUT2D eigenvalue weighted by Gasteiger charge is -2.31. The van der Waals surface area contributed by atoms with Gasteiger partial charge in [-0.05, 0) is 31.2 Å². The number of nitro benzene ring substituents is 1. The van der Waals surface area contributed by atoms with Crippen LogP contribution in [-0.4, -0.2) is 42.4 Å². The zero-order chi connectivity index (χ0) is 15.6. The van der Waals surface area contributed by atoms with Gasteiger partial charge in [0.15, 0.2) is 0 Å². The molecule has 21 heavy (non-hydrogen) atoms. The largest absolute Gasteiger partial charge is 0.396 e. The van der Waals surface area contributed by atoms with E-state index in [0.29, 0.717) is 18.5 Å². The molecule has 0 spiro atoms. The molecule has 1 unspecified atom stereocenters. The van der Waals surface area contributed by atoms with Crippen LogP contribution in [0.2, 0.25) is 0 Å². The Balaban J connectivity index is 2.39. The Kier molecular flexibility index (Phi) is 4.60. The van der Waals surface area contributed by atoms with Crippen molar-refractivity contribution in [3.05, 3.63) is 33.9 Å². The van der Waals surface area contributed by atoms with Gasteiger partial charge < -0.3 is 5.11 Å². The van der Waals surface area contributed by atoms with Crippen LogP contribution in [-0.2, 0) is 10.0 Å². The lowest BCUT2D eigenvalue weighted by Crippen LogP contribution is -2.41. The maximum Gasteiger partial charge on any atom is 0.270 e. The van der Waals surface area contributed by atoms with E-state index in [1.54, 1.807) is 6.92 Å². The molecule has 8 heteroatoms. The first-order valence-corrected chi connectivity index (χ1v) is 8.16. The third-order valence-corrected chi connectivity index (χ3v) is 5.75. The number of nitro groups is 1. The number of sulfonamides is 1. The molecule has 1 atom stereocenters. The molecule has 1 aliphatic rings. The highest BCUT2D eigenvalue weighted by atomic mass is 32.2. The van der Waals surface area contributed by atoms with Crippen molar-refractivity contribution < 1.29 is 18.4 Å². The Morgan fingerprint density at radius 1 is 1.48 bits per heavy atom. The lowest BCUT2D eigenvalue weighted by atomic mass is 10.0. The number of non-ortho nitro benzene ring substituents is 1. The minimum absolute atomic E-state index is 0.0321. The number of aliphatic hydroxyl groups excluding tert-OH is 1. The number of nitrogens with zero attached hydrogens (tertiary/aromatic N) is 2. The van der Waals surface area contributed by atoms with Crippen LogP contribution >= 0.6 is 0 Å². The van der Waals surface area contributed by atoms with Gasteiger partial charge in [-0.1, -0.05) is 6.07 Å². The zero-order valence-electron chi connectivity index (χ0n) is 11.7. The van der Waals surface area contributed by atoms with Gasteiger partial charge in [-0.2, -0.15) is 4.31 Å². The van der Waals surface area contributed by atoms with Crippen LogP contribution in [0.4, 0.5) is 5.69 Å². The number of hydrogen-bond acceptors (Lipinski definition) is 5. The molecule has 2 rings (SSSR count). The van der Waals surface area contributed by atoms with Gasteiger partial charge in [-0.25, -0.2) is 8.42 Å². The second-order valence-electron chi connectivity index (χ2n) is 5.26. The maximum atomic E-state index is 12.7. The topological polar surface area (TPSA) is 101 Å². The fraction of sp³-hybridized carbons (Fsp3) is 0.538. The first kappa shape index (κ1) is 15.9. The average Bonchev–Trinajstić information content (AvgIpc) is 2.47. The maximum absolute atomic E-state index is 12.7. The van der Waals surface area contributed by atoms with Crippen LogP contribution in [0.15, 0.2) is 23.1 Å². The molecule has 0 radical (unpaired) electrons. The molecule has 1 aliphatic heterocycles. The monoisotopic (exact) mass is 314 g/mol. The highest BCUT2D eigenvalue weighted by molar-refractivity contribution is 7.89. The summed E-state index contributed by atoms with van der Waals surface area (Å²) in [5.74, 6) is -0.0764. The molecule has 1 N–H and O–H groups in total. The Bertz CT molecular complexity index is 644. The Morgan fingerprint density at radius 3 is 2.81 bits per heavy atom. The van der Waals surface area contributed by atoms with E-state index in [1.807, 2.05) is 0 Å². The second-order valence-corrected chi connectivity index (χ2v) is 7.17. The summed E-state index contributed by atoms with van der Waals surface area (Å²) >= 11 is 0. The zero-order valence-corrected chi connectivity index (χ0v) is 12.5. The molecular formula is C13H18N2O5S. The van der Waals surface area contributed by atoms with Gasteiger partial charge in [0, 0.05) is 31.8 Å². The first-order valence-electron chi connectivity index (χ1n) is 6.72. The molecule has 0 bridgehead atoms. The molecule has 0 amide bonds. The summed E-state index contributed by atoms with van der Waals surface area (Å²) in [7, 11) is -3.77. The summed E-state index contributed by atoms with van der Waals surface area (Å²) in [5, 5.41) is 20.0. The number of aryl methyl sites for hydroxylation is 1. The van der Waals surface area contributed by atoms with Crippen LogP contribution in [0.25, 0.3) is 0 Å². The molecule has 0 aliphatic carbocycles. The number of rotatable bonds is 4. The van der Waals surface area contributed by atoms with Crippen LogP contribution in [0.1, 0.15) is 18.4 Å². The quantitative estimate of drug-likeness (QED) is 0.667. The first-order chi connectivity index (χ1) is 9.86. The SMILES string of the molecule is Cc1ccc([N+](=O)[O-])cc1S(=O)(=O)N1CCCC(CO)C1. The summed E-state index contributed by atoms with van der Waals surface area (Å²) in [4.78, 5) is 10.2. The van der Waals surface area contributed by atoms with Crippen molar-refractivity contribution in [1.82, 2.24) is 4.31 Å². The van der Waals surface area contributed by atoms with Crippen molar-refractivity contribution in [3.8, 4) is 0 Å². The van der Waals surface area contributed by atoms with Crippen LogP contribution in [0, 0.1) is 23.0 Å². The summed E-state index contributed by atoms with van der Waals surface area (Å²) in [6, 6.07) is 3.84. The van der Waals surface area contributed by atoms with Crippen molar-refractivity contribution in [1.29, 1.82) is 0 Å². The Morgan fingerprint density at radius 2 is 2.19 bits per heavy atom. The van der Waals surface area contributed by atoms with Gasteiger partial charge in [-0.15, -0.1) is 0 Å². The average molecular weight is 314 g/mol. The molecule has 116 valence electrons. The summed E-state index contributed by atoms with van der Waals surface area (Å²) in [6.45, 7) is 2.19. The van der Waals surface area contributed by atoms with Crippen molar-refractivity contribution >= 4 is 15.7 Å². The van der Waals surface area contributed by atoms with Crippen LogP contribution in [0.5, 0.6) is 0 Å². The standard InChI is InChI=1S/C13H18N2O5S/c1-10-4-5-12(15(17)18)7-13(10)21(19,20)14-6-2-3-11(8-14)9-16/h4-5,7,11,16H,2-3,6,8-9H2,1H3. The van der Waals surface area contributed by atoms with E-state index in [9.17, 15) is 23.6 Å². The number of hydrogen-bond donors (Lipinski definition) is 1. The predicted octanol–water partition coefficient (Wildman–Crippen LogP) is 1.30. The predicted molar refractivity (Wildman–Crippen MR) is 76.4 cm³/mol. The normalized spacial score (nSPS) is 20.4. The molecule has 1 heterocycles. The molecule has 1 fully saturated rings. The highest BCUT2D eigenvalue weighted by Crippen LogP contribution is 2.28. The third-order valence-electron chi connectivity index (χ3n) is 3.74. The van der Waals surface area contributed by atoms with Gasteiger partial charge in [0.1, 0.15) is 0 Å². The fourth-order valence-corrected chi connectivity index (χ4v) is 4.31. The summed E-state index contributed by atoms with van der Waals surface area (Å²) < 4.78 is 26.6. The van der Waals surface area contributed by atoms with Gasteiger partial charge >= 0.3 is 0 Å². The number of aliphatic hydroxyl groups is 1. The molecule has 1 aromatic carbocycles. The van der Waals surface area contributed by atoms with Crippen LogP contribution < -0.4 is 0 Å². The minimum atomic E-state index is -3.77. The molecule has 7 nitrogen and oxygen atoms in total. The van der Waals surface area contributed by atoms with E-state index in [0.717, 1.165) is 12.5 Å². The molecule has 1 aromatic rings. The van der Waals surface area contributed by atoms with Gasteiger partial charge in [-0.3, -0.25) is 10.1 Å². The van der Waals surface area contributed by atoms with E-state index in [4.69, 9.17) is 0 Å². The Hall–Kier alpha value is -1.51. The van der Waals surface area contributed by atoms with Crippen molar-refractivity contribution in [2.45, 2.75) is 24.7 Å². The smallest absolute Gasteiger partial charge is 0.270 e. The Labute approximate surface area is 123 Å². The molecular weight excluding hydrogens is 296 g/mol. The van der Waals surface area contributed by atoms with E-state index >= 15 is 0 Å². The third kappa shape index (κ3) is 3.22.